The Morgan fingerprint density at radius 1 is 1.00 bits per heavy atom. The van der Waals surface area contributed by atoms with Crippen molar-refractivity contribution in [1.82, 2.24) is 4.98 Å². The number of nitrogens with one attached hydrogen (secondary N) is 1. The molecule has 2 aromatic carbocycles. The Bertz CT molecular complexity index is 796. The molecule has 138 valence electrons. The Hall–Kier alpha value is -2.55. The number of methoxy groups -OCH3 is 1. The van der Waals surface area contributed by atoms with Crippen molar-refractivity contribution in [1.29, 1.82) is 0 Å². The van der Waals surface area contributed by atoms with Crippen LogP contribution in [0.5, 0.6) is 5.75 Å². The van der Waals surface area contributed by atoms with Gasteiger partial charge in [-0.25, -0.2) is 0 Å². The third-order valence-electron chi connectivity index (χ3n) is 4.51. The molecule has 0 aliphatic rings. The van der Waals surface area contributed by atoms with E-state index in [0.29, 0.717) is 5.92 Å². The predicted molar refractivity (Wildman–Crippen MR) is 112 cm³/mol. The van der Waals surface area contributed by atoms with Gasteiger partial charge in [-0.15, -0.1) is 0 Å². The minimum Gasteiger partial charge on any atom is -0.496 e. The maximum Gasteiger partial charge on any atom is 0.122 e. The maximum absolute atomic E-state index is 5.52. The molecule has 1 heterocycles. The van der Waals surface area contributed by atoms with Crippen LogP contribution in [0, 0.1) is 0 Å². The quantitative estimate of drug-likeness (QED) is 0.545. The van der Waals surface area contributed by atoms with Crippen LogP contribution in [0.15, 0.2) is 60.8 Å². The van der Waals surface area contributed by atoms with Crippen LogP contribution < -0.4 is 10.1 Å². The first-order valence-electron chi connectivity index (χ1n) is 9.54. The van der Waals surface area contributed by atoms with E-state index in [2.05, 4.69) is 53.6 Å². The fraction of sp³-hybridized carbons (Fsp3) is 0.348. The van der Waals surface area contributed by atoms with E-state index in [1.165, 1.54) is 10.9 Å². The predicted octanol–water partition coefficient (Wildman–Crippen LogP) is 6.27. The van der Waals surface area contributed by atoms with E-state index in [4.69, 9.17) is 4.74 Å². The van der Waals surface area contributed by atoms with Crippen LogP contribution in [0.1, 0.15) is 45.1 Å². The molecule has 1 unspecified atom stereocenters. The molecule has 0 amide bonds. The van der Waals surface area contributed by atoms with Crippen molar-refractivity contribution in [2.45, 2.75) is 39.5 Å². The number of ether oxygens (including phenoxy) is 1. The van der Waals surface area contributed by atoms with Crippen LogP contribution in [0.3, 0.4) is 0 Å². The largest absolute Gasteiger partial charge is 0.496 e. The van der Waals surface area contributed by atoms with Crippen molar-refractivity contribution in [2.24, 2.45) is 0 Å². The molecule has 0 spiro atoms. The van der Waals surface area contributed by atoms with Gasteiger partial charge in [-0.1, -0.05) is 57.2 Å². The summed E-state index contributed by atoms with van der Waals surface area (Å²) in [5, 5.41) is 4.72. The highest BCUT2D eigenvalue weighted by Gasteiger charge is 2.14. The molecule has 0 fully saturated rings. The highest BCUT2D eigenvalue weighted by molar-refractivity contribution is 5.90. The summed E-state index contributed by atoms with van der Waals surface area (Å²) in [6, 6.07) is 18.7. The molecule has 0 saturated carbocycles. The Kier molecular flexibility index (Phi) is 7.94. The van der Waals surface area contributed by atoms with Crippen molar-refractivity contribution in [3.63, 3.8) is 0 Å². The number of fused-ring (bicyclic) bond motifs is 1. The van der Waals surface area contributed by atoms with Crippen molar-refractivity contribution in [3.8, 4) is 5.75 Å². The molecule has 0 bridgehead atoms. The number of aromatic nitrogens is 1. The van der Waals surface area contributed by atoms with E-state index >= 15 is 0 Å². The van der Waals surface area contributed by atoms with Gasteiger partial charge in [0, 0.05) is 18.1 Å². The van der Waals surface area contributed by atoms with Gasteiger partial charge in [0.2, 0.25) is 0 Å². The monoisotopic (exact) mass is 350 g/mol. The van der Waals surface area contributed by atoms with Crippen molar-refractivity contribution in [3.05, 3.63) is 66.4 Å². The van der Waals surface area contributed by atoms with E-state index in [9.17, 15) is 0 Å². The molecule has 0 radical (unpaired) electrons. The van der Waals surface area contributed by atoms with Crippen molar-refractivity contribution in [2.75, 3.05) is 19.0 Å². The molecule has 1 N–H and O–H groups in total. The third-order valence-corrected chi connectivity index (χ3v) is 4.51. The molecule has 3 rings (SSSR count). The Morgan fingerprint density at radius 3 is 2.54 bits per heavy atom. The molecule has 1 aromatic heterocycles. The zero-order valence-electron chi connectivity index (χ0n) is 16.3. The second kappa shape index (κ2) is 10.4. The summed E-state index contributed by atoms with van der Waals surface area (Å²) >= 11 is 0. The summed E-state index contributed by atoms with van der Waals surface area (Å²) in [5.41, 5.74) is 3.42. The van der Waals surface area contributed by atoms with Gasteiger partial charge in [-0.05, 0) is 42.5 Å². The first kappa shape index (κ1) is 19.8. The number of hydrogen-bond donors (Lipinski definition) is 1. The molecule has 0 aliphatic carbocycles. The summed E-state index contributed by atoms with van der Waals surface area (Å²) in [7, 11) is 1.74. The van der Waals surface area contributed by atoms with Crippen LogP contribution in [0.4, 0.5) is 5.69 Å². The highest BCUT2D eigenvalue weighted by atomic mass is 16.5. The summed E-state index contributed by atoms with van der Waals surface area (Å²) in [5.74, 6) is 1.47. The number of anilines is 1. The molecule has 0 saturated heterocycles. The van der Waals surface area contributed by atoms with Crippen molar-refractivity contribution >= 4 is 16.6 Å². The first-order chi connectivity index (χ1) is 12.8. The van der Waals surface area contributed by atoms with Crippen LogP contribution in [-0.2, 0) is 0 Å². The van der Waals surface area contributed by atoms with E-state index in [0.717, 1.165) is 36.3 Å². The normalized spacial score (nSPS) is 11.4. The lowest BCUT2D eigenvalue weighted by molar-refractivity contribution is 0.403. The topological polar surface area (TPSA) is 34.2 Å². The number of nitrogens with zero attached hydrogens (tertiary/aromatic N) is 1. The average Bonchev–Trinajstić information content (AvgIpc) is 2.73. The van der Waals surface area contributed by atoms with Crippen LogP contribution >= 0.6 is 0 Å². The molecular formula is C23H30N2O. The summed E-state index contributed by atoms with van der Waals surface area (Å²) < 4.78 is 5.52. The second-order valence-corrected chi connectivity index (χ2v) is 5.94. The molecular weight excluding hydrogens is 320 g/mol. The Labute approximate surface area is 157 Å². The number of rotatable bonds is 7. The van der Waals surface area contributed by atoms with Crippen LogP contribution in [-0.4, -0.2) is 18.6 Å². The highest BCUT2D eigenvalue weighted by Crippen LogP contribution is 2.31. The Morgan fingerprint density at radius 2 is 1.77 bits per heavy atom. The molecule has 0 aliphatic heterocycles. The maximum atomic E-state index is 5.52. The Balaban J connectivity index is 0.00000117. The van der Waals surface area contributed by atoms with Gasteiger partial charge in [0.05, 0.1) is 18.3 Å². The lowest BCUT2D eigenvalue weighted by atomic mass is 9.92. The van der Waals surface area contributed by atoms with Gasteiger partial charge in [-0.3, -0.25) is 4.98 Å². The molecule has 3 heteroatoms. The molecule has 3 aromatic rings. The van der Waals surface area contributed by atoms with Gasteiger partial charge in [0.15, 0.2) is 0 Å². The van der Waals surface area contributed by atoms with Gasteiger partial charge >= 0.3 is 0 Å². The zero-order chi connectivity index (χ0) is 18.8. The van der Waals surface area contributed by atoms with Crippen LogP contribution in [0.25, 0.3) is 10.9 Å². The van der Waals surface area contributed by atoms with E-state index in [1.54, 1.807) is 7.11 Å². The molecule has 26 heavy (non-hydrogen) atoms. The number of pyridine rings is 1. The first-order valence-corrected chi connectivity index (χ1v) is 9.54. The van der Waals surface area contributed by atoms with Gasteiger partial charge in [0.25, 0.3) is 0 Å². The van der Waals surface area contributed by atoms with Gasteiger partial charge in [0.1, 0.15) is 5.75 Å². The number of benzene rings is 2. The smallest absolute Gasteiger partial charge is 0.122 e. The third kappa shape index (κ3) is 4.75. The van der Waals surface area contributed by atoms with E-state index in [1.807, 2.05) is 38.2 Å². The average molecular weight is 351 g/mol. The van der Waals surface area contributed by atoms with Crippen LogP contribution in [0.2, 0.25) is 0 Å². The van der Waals surface area contributed by atoms with Crippen molar-refractivity contribution < 1.29 is 4.74 Å². The number of hydrogen-bond acceptors (Lipinski definition) is 3. The number of para-hydroxylation sites is 2. The second-order valence-electron chi connectivity index (χ2n) is 5.94. The SMILES string of the molecule is CC.CCC(CCNc1cccc2cccnc12)c1ccccc1OC. The zero-order valence-corrected chi connectivity index (χ0v) is 16.3. The fourth-order valence-corrected chi connectivity index (χ4v) is 3.21. The van der Waals surface area contributed by atoms with Gasteiger partial charge < -0.3 is 10.1 Å². The summed E-state index contributed by atoms with van der Waals surface area (Å²) in [6.45, 7) is 7.14. The van der Waals surface area contributed by atoms with E-state index < -0.39 is 0 Å². The summed E-state index contributed by atoms with van der Waals surface area (Å²) in [6.07, 6.45) is 3.99. The minimum absolute atomic E-state index is 0.483. The minimum atomic E-state index is 0.483. The van der Waals surface area contributed by atoms with E-state index in [-0.39, 0.29) is 0 Å². The standard InChI is InChI=1S/C21H24N2O.C2H6/c1-3-16(18-10-4-5-12-20(18)24-2)13-15-22-19-11-6-8-17-9-7-14-23-21(17)19;1-2/h4-12,14,16,22H,3,13,15H2,1-2H3;1-2H3. The lowest BCUT2D eigenvalue weighted by Crippen LogP contribution is -2.09. The van der Waals surface area contributed by atoms with Gasteiger partial charge in [-0.2, -0.15) is 0 Å². The summed E-state index contributed by atoms with van der Waals surface area (Å²) in [4.78, 5) is 4.50. The molecule has 1 atom stereocenters. The molecule has 3 nitrogen and oxygen atoms in total. The fourth-order valence-electron chi connectivity index (χ4n) is 3.21. The lowest BCUT2D eigenvalue weighted by Gasteiger charge is -2.19.